The maximum Gasteiger partial charge on any atom is 0.241 e. The van der Waals surface area contributed by atoms with Gasteiger partial charge in [0.05, 0.1) is 10.9 Å². The molecule has 7 heteroatoms. The largest absolute Gasteiger partial charge is 0.325 e. The third-order valence-corrected chi connectivity index (χ3v) is 6.46. The van der Waals surface area contributed by atoms with Crippen LogP contribution < -0.4 is 10.0 Å². The third-order valence-electron chi connectivity index (χ3n) is 4.78. The standard InChI is InChI=1S/C22H31N3O3S/c1-15(2)24-29(27,28)21-11-9-20(10-12-21)23-22(26)18(5)25(6)14-19-8-7-16(3)13-17(19)4/h7-13,15,18,24H,14H2,1-6H3,(H,23,26)/t18-/m0/s1. The Hall–Kier alpha value is -2.22. The molecule has 0 heterocycles. The summed E-state index contributed by atoms with van der Waals surface area (Å²) < 4.78 is 26.9. The molecule has 1 atom stereocenters. The van der Waals surface area contributed by atoms with Crippen molar-refractivity contribution in [3.8, 4) is 0 Å². The first-order chi connectivity index (χ1) is 13.5. The number of amides is 1. The van der Waals surface area contributed by atoms with Gasteiger partial charge in [0.15, 0.2) is 0 Å². The Labute approximate surface area is 174 Å². The zero-order valence-corrected chi connectivity index (χ0v) is 18.8. The predicted octanol–water partition coefficient (Wildman–Crippen LogP) is 3.45. The highest BCUT2D eigenvalue weighted by Gasteiger charge is 2.20. The number of nitrogens with zero attached hydrogens (tertiary/aromatic N) is 1. The maximum absolute atomic E-state index is 12.6. The number of benzene rings is 2. The van der Waals surface area contributed by atoms with E-state index in [9.17, 15) is 13.2 Å². The van der Waals surface area contributed by atoms with E-state index in [2.05, 4.69) is 42.1 Å². The summed E-state index contributed by atoms with van der Waals surface area (Å²) in [5.74, 6) is -0.145. The topological polar surface area (TPSA) is 78.5 Å². The summed E-state index contributed by atoms with van der Waals surface area (Å²) in [6, 6.07) is 12.0. The van der Waals surface area contributed by atoms with E-state index in [1.54, 1.807) is 26.0 Å². The van der Waals surface area contributed by atoms with Crippen LogP contribution in [0.5, 0.6) is 0 Å². The molecule has 0 saturated heterocycles. The molecule has 1 amide bonds. The highest BCUT2D eigenvalue weighted by atomic mass is 32.2. The minimum absolute atomic E-state index is 0.145. The Morgan fingerprint density at radius 3 is 2.21 bits per heavy atom. The lowest BCUT2D eigenvalue weighted by Gasteiger charge is -2.25. The van der Waals surface area contributed by atoms with Gasteiger partial charge in [0.25, 0.3) is 0 Å². The number of anilines is 1. The number of carbonyl (C=O) groups excluding carboxylic acids is 1. The average Bonchev–Trinajstić information content (AvgIpc) is 2.62. The van der Waals surface area contributed by atoms with Crippen LogP contribution in [0.25, 0.3) is 0 Å². The Kier molecular flexibility index (Phi) is 7.57. The van der Waals surface area contributed by atoms with Gasteiger partial charge in [0.1, 0.15) is 0 Å². The van der Waals surface area contributed by atoms with Crippen molar-refractivity contribution in [2.45, 2.75) is 58.1 Å². The van der Waals surface area contributed by atoms with Crippen molar-refractivity contribution in [1.82, 2.24) is 9.62 Å². The van der Waals surface area contributed by atoms with Crippen molar-refractivity contribution in [2.24, 2.45) is 0 Å². The van der Waals surface area contributed by atoms with Crippen molar-refractivity contribution in [3.63, 3.8) is 0 Å². The highest BCUT2D eigenvalue weighted by Crippen LogP contribution is 2.17. The van der Waals surface area contributed by atoms with Gasteiger partial charge in [0, 0.05) is 18.3 Å². The number of sulfonamides is 1. The lowest BCUT2D eigenvalue weighted by atomic mass is 10.0. The zero-order chi connectivity index (χ0) is 21.8. The van der Waals surface area contributed by atoms with Gasteiger partial charge >= 0.3 is 0 Å². The number of nitrogens with one attached hydrogen (secondary N) is 2. The third kappa shape index (κ3) is 6.39. The van der Waals surface area contributed by atoms with Crippen LogP contribution in [0.15, 0.2) is 47.4 Å². The molecular weight excluding hydrogens is 386 g/mol. The van der Waals surface area contributed by atoms with Crippen LogP contribution in [0, 0.1) is 13.8 Å². The van der Waals surface area contributed by atoms with Crippen molar-refractivity contribution < 1.29 is 13.2 Å². The fraction of sp³-hybridized carbons (Fsp3) is 0.409. The summed E-state index contributed by atoms with van der Waals surface area (Å²) >= 11 is 0. The molecule has 0 aromatic heterocycles. The summed E-state index contributed by atoms with van der Waals surface area (Å²) in [5.41, 5.74) is 4.17. The van der Waals surface area contributed by atoms with Crippen molar-refractivity contribution >= 4 is 21.6 Å². The Balaban J connectivity index is 2.01. The van der Waals surface area contributed by atoms with E-state index in [-0.39, 0.29) is 22.9 Å². The molecule has 0 spiro atoms. The van der Waals surface area contributed by atoms with Crippen molar-refractivity contribution in [1.29, 1.82) is 0 Å². The molecule has 0 aliphatic heterocycles. The molecule has 0 bridgehead atoms. The summed E-state index contributed by atoms with van der Waals surface area (Å²) in [6.45, 7) is 10.2. The van der Waals surface area contributed by atoms with E-state index in [1.807, 2.05) is 18.9 Å². The number of carbonyl (C=O) groups is 1. The number of hydrogen-bond acceptors (Lipinski definition) is 4. The van der Waals surface area contributed by atoms with Crippen molar-refractivity contribution in [2.75, 3.05) is 12.4 Å². The number of likely N-dealkylation sites (N-methyl/N-ethyl adjacent to an activating group) is 1. The smallest absolute Gasteiger partial charge is 0.241 e. The van der Waals surface area contributed by atoms with Gasteiger partial charge in [-0.25, -0.2) is 13.1 Å². The Morgan fingerprint density at radius 1 is 1.03 bits per heavy atom. The first-order valence-electron chi connectivity index (χ1n) is 9.69. The quantitative estimate of drug-likeness (QED) is 0.690. The Bertz CT molecular complexity index is 954. The molecule has 0 unspecified atom stereocenters. The van der Waals surface area contributed by atoms with Gasteiger partial charge in [0.2, 0.25) is 15.9 Å². The minimum Gasteiger partial charge on any atom is -0.325 e. The summed E-state index contributed by atoms with van der Waals surface area (Å²) in [6.07, 6.45) is 0. The van der Waals surface area contributed by atoms with Gasteiger partial charge in [-0.3, -0.25) is 9.69 Å². The van der Waals surface area contributed by atoms with Crippen LogP contribution >= 0.6 is 0 Å². The molecule has 2 rings (SSSR count). The normalized spacial score (nSPS) is 13.0. The van der Waals surface area contributed by atoms with E-state index < -0.39 is 10.0 Å². The van der Waals surface area contributed by atoms with E-state index >= 15 is 0 Å². The first kappa shape index (κ1) is 23.1. The van der Waals surface area contributed by atoms with Gasteiger partial charge in [-0.15, -0.1) is 0 Å². The lowest BCUT2D eigenvalue weighted by Crippen LogP contribution is -2.39. The van der Waals surface area contributed by atoms with Gasteiger partial charge in [-0.2, -0.15) is 0 Å². The van der Waals surface area contributed by atoms with Crippen molar-refractivity contribution in [3.05, 3.63) is 59.2 Å². The van der Waals surface area contributed by atoms with Crippen LogP contribution in [-0.2, 0) is 21.4 Å². The molecule has 2 aromatic carbocycles. The molecular formula is C22H31N3O3S. The number of hydrogen-bond donors (Lipinski definition) is 2. The molecule has 0 aliphatic carbocycles. The summed E-state index contributed by atoms with van der Waals surface area (Å²) in [5, 5.41) is 2.86. The average molecular weight is 418 g/mol. The molecule has 0 aliphatic rings. The molecule has 0 fully saturated rings. The second-order valence-electron chi connectivity index (χ2n) is 7.81. The van der Waals surface area contributed by atoms with Gasteiger partial charge in [-0.05, 0) is 77.1 Å². The van der Waals surface area contributed by atoms with E-state index in [0.717, 1.165) is 0 Å². The van der Waals surface area contributed by atoms with Gasteiger partial charge in [-0.1, -0.05) is 23.8 Å². The fourth-order valence-electron chi connectivity index (χ4n) is 2.97. The summed E-state index contributed by atoms with van der Waals surface area (Å²) in [7, 11) is -1.63. The number of rotatable bonds is 8. The monoisotopic (exact) mass is 417 g/mol. The second-order valence-corrected chi connectivity index (χ2v) is 9.52. The molecule has 29 heavy (non-hydrogen) atoms. The van der Waals surface area contributed by atoms with Crippen LogP contribution in [0.1, 0.15) is 37.5 Å². The first-order valence-corrected chi connectivity index (χ1v) is 11.2. The Morgan fingerprint density at radius 2 is 1.66 bits per heavy atom. The molecule has 0 radical (unpaired) electrons. The SMILES string of the molecule is Cc1ccc(CN(C)[C@@H](C)C(=O)Nc2ccc(S(=O)(=O)NC(C)C)cc2)c(C)c1. The maximum atomic E-state index is 12.6. The summed E-state index contributed by atoms with van der Waals surface area (Å²) in [4.78, 5) is 14.8. The zero-order valence-electron chi connectivity index (χ0n) is 18.0. The highest BCUT2D eigenvalue weighted by molar-refractivity contribution is 7.89. The number of aryl methyl sites for hydroxylation is 2. The second kappa shape index (κ2) is 9.52. The molecule has 6 nitrogen and oxygen atoms in total. The van der Waals surface area contributed by atoms with Gasteiger partial charge < -0.3 is 5.32 Å². The predicted molar refractivity (Wildman–Crippen MR) is 117 cm³/mol. The van der Waals surface area contributed by atoms with Crippen LogP contribution in [0.4, 0.5) is 5.69 Å². The molecule has 2 aromatic rings. The fourth-order valence-corrected chi connectivity index (χ4v) is 4.22. The molecule has 0 saturated carbocycles. The molecule has 2 N–H and O–H groups in total. The van der Waals surface area contributed by atoms with E-state index in [0.29, 0.717) is 12.2 Å². The van der Waals surface area contributed by atoms with E-state index in [1.165, 1.54) is 28.8 Å². The van der Waals surface area contributed by atoms with Crippen LogP contribution in [-0.4, -0.2) is 38.4 Å². The minimum atomic E-state index is -3.55. The van der Waals surface area contributed by atoms with Crippen LogP contribution in [0.3, 0.4) is 0 Å². The molecule has 158 valence electrons. The van der Waals surface area contributed by atoms with Crippen LogP contribution in [0.2, 0.25) is 0 Å². The van der Waals surface area contributed by atoms with E-state index in [4.69, 9.17) is 0 Å². The lowest BCUT2D eigenvalue weighted by molar-refractivity contribution is -0.120.